The summed E-state index contributed by atoms with van der Waals surface area (Å²) in [5, 5.41) is 6.58. The molecule has 0 aliphatic rings. The average molecular weight is 383 g/mol. The summed E-state index contributed by atoms with van der Waals surface area (Å²) < 4.78 is 4.82. The van der Waals surface area contributed by atoms with E-state index in [1.807, 2.05) is 0 Å². The number of thioether (sulfide) groups is 1. The largest absolute Gasteiger partial charge is 0.360 e. The Morgan fingerprint density at radius 3 is 2.60 bits per heavy atom. The van der Waals surface area contributed by atoms with Crippen molar-refractivity contribution in [2.24, 2.45) is 0 Å². The molecule has 0 saturated heterocycles. The highest BCUT2D eigenvalue weighted by molar-refractivity contribution is 8.00. The van der Waals surface area contributed by atoms with Crippen LogP contribution in [0.5, 0.6) is 0 Å². The Bertz CT molecular complexity index is 780. The van der Waals surface area contributed by atoms with Crippen molar-refractivity contribution in [3.8, 4) is 0 Å². The molecular weight excluding hydrogens is 368 g/mol. The van der Waals surface area contributed by atoms with Gasteiger partial charge in [-0.15, -0.1) is 11.8 Å². The molecule has 0 unspecified atom stereocenters. The summed E-state index contributed by atoms with van der Waals surface area (Å²) in [6.45, 7) is 1.71. The Morgan fingerprint density at radius 2 is 1.92 bits per heavy atom. The topological polar surface area (TPSA) is 113 Å². The van der Waals surface area contributed by atoms with E-state index in [4.69, 9.17) is 16.1 Å². The van der Waals surface area contributed by atoms with Crippen LogP contribution in [0.3, 0.4) is 0 Å². The molecule has 0 bridgehead atoms. The Labute approximate surface area is 152 Å². The number of rotatable bonds is 6. The molecule has 25 heavy (non-hydrogen) atoms. The molecule has 0 spiro atoms. The summed E-state index contributed by atoms with van der Waals surface area (Å²) in [4.78, 5) is 35.1. The van der Waals surface area contributed by atoms with E-state index in [1.165, 1.54) is 6.07 Å². The summed E-state index contributed by atoms with van der Waals surface area (Å²) in [5.41, 5.74) is 4.86. The monoisotopic (exact) mass is 382 g/mol. The number of hydrogen-bond donors (Lipinski definition) is 3. The zero-order valence-corrected chi connectivity index (χ0v) is 14.7. The standard InChI is InChI=1S/C15H15ClN4O4S/c1-9-5-12(20-24-9)17-13(21)7-25-8-14(22)18-19-15(23)10-3-2-4-11(16)6-10/h2-6H,7-8H2,1H3,(H,18,22)(H,19,23)(H,17,20,21). The minimum absolute atomic E-state index is 0.00108. The predicted molar refractivity (Wildman–Crippen MR) is 94.3 cm³/mol. The number of halogens is 1. The third-order valence-corrected chi connectivity index (χ3v) is 3.93. The quantitative estimate of drug-likeness (QED) is 0.656. The van der Waals surface area contributed by atoms with Gasteiger partial charge in [0.05, 0.1) is 11.5 Å². The first-order valence-electron chi connectivity index (χ1n) is 7.09. The molecule has 0 radical (unpaired) electrons. The van der Waals surface area contributed by atoms with Gasteiger partial charge in [0, 0.05) is 16.7 Å². The van der Waals surface area contributed by atoms with Crippen LogP contribution in [-0.2, 0) is 9.59 Å². The van der Waals surface area contributed by atoms with Crippen molar-refractivity contribution in [2.45, 2.75) is 6.92 Å². The van der Waals surface area contributed by atoms with Crippen molar-refractivity contribution in [3.63, 3.8) is 0 Å². The SMILES string of the molecule is Cc1cc(NC(=O)CSCC(=O)NNC(=O)c2cccc(Cl)c2)no1. The van der Waals surface area contributed by atoms with Gasteiger partial charge < -0.3 is 9.84 Å². The molecule has 0 aliphatic heterocycles. The molecule has 2 aromatic rings. The highest BCUT2D eigenvalue weighted by Gasteiger charge is 2.10. The molecule has 3 amide bonds. The molecule has 132 valence electrons. The van der Waals surface area contributed by atoms with Crippen molar-refractivity contribution >= 4 is 46.9 Å². The zero-order chi connectivity index (χ0) is 18.2. The molecule has 1 aromatic heterocycles. The first-order chi connectivity index (χ1) is 11.9. The van der Waals surface area contributed by atoms with Crippen LogP contribution >= 0.6 is 23.4 Å². The predicted octanol–water partition coefficient (Wildman–Crippen LogP) is 1.77. The van der Waals surface area contributed by atoms with E-state index in [0.29, 0.717) is 22.2 Å². The van der Waals surface area contributed by atoms with Crippen LogP contribution in [0, 0.1) is 6.92 Å². The van der Waals surface area contributed by atoms with Gasteiger partial charge >= 0.3 is 0 Å². The maximum absolute atomic E-state index is 11.8. The van der Waals surface area contributed by atoms with E-state index in [9.17, 15) is 14.4 Å². The maximum Gasteiger partial charge on any atom is 0.269 e. The number of nitrogens with one attached hydrogen (secondary N) is 3. The second-order valence-electron chi connectivity index (χ2n) is 4.88. The molecule has 3 N–H and O–H groups in total. The number of aryl methyl sites for hydroxylation is 1. The van der Waals surface area contributed by atoms with Gasteiger partial charge in [-0.1, -0.05) is 22.8 Å². The zero-order valence-electron chi connectivity index (χ0n) is 13.2. The lowest BCUT2D eigenvalue weighted by molar-refractivity contribution is -0.119. The number of carbonyl (C=O) groups excluding carboxylic acids is 3. The van der Waals surface area contributed by atoms with E-state index < -0.39 is 11.8 Å². The second kappa shape index (κ2) is 9.09. The van der Waals surface area contributed by atoms with E-state index >= 15 is 0 Å². The molecule has 8 nitrogen and oxygen atoms in total. The smallest absolute Gasteiger partial charge is 0.269 e. The molecule has 0 fully saturated rings. The first-order valence-corrected chi connectivity index (χ1v) is 8.63. The third-order valence-electron chi connectivity index (χ3n) is 2.76. The number of amides is 3. The van der Waals surface area contributed by atoms with Crippen LogP contribution in [0.4, 0.5) is 5.82 Å². The number of carbonyl (C=O) groups is 3. The number of nitrogens with zero attached hydrogens (tertiary/aromatic N) is 1. The highest BCUT2D eigenvalue weighted by atomic mass is 35.5. The van der Waals surface area contributed by atoms with Gasteiger partial charge in [-0.2, -0.15) is 0 Å². The molecule has 0 atom stereocenters. The van der Waals surface area contributed by atoms with E-state index in [2.05, 4.69) is 21.3 Å². The van der Waals surface area contributed by atoms with Crippen LogP contribution in [-0.4, -0.2) is 34.4 Å². The number of benzene rings is 1. The van der Waals surface area contributed by atoms with Crippen molar-refractivity contribution in [2.75, 3.05) is 16.8 Å². The van der Waals surface area contributed by atoms with Gasteiger partial charge in [0.25, 0.3) is 5.91 Å². The Hall–Kier alpha value is -2.52. The molecule has 0 aliphatic carbocycles. The fraction of sp³-hybridized carbons (Fsp3) is 0.200. The fourth-order valence-electron chi connectivity index (χ4n) is 1.71. The number of hydrazine groups is 1. The van der Waals surface area contributed by atoms with Crippen LogP contribution in [0.25, 0.3) is 0 Å². The molecule has 1 heterocycles. The molecular formula is C15H15ClN4O4S. The van der Waals surface area contributed by atoms with Gasteiger partial charge in [0.15, 0.2) is 5.82 Å². The Kier molecular flexibility index (Phi) is 6.84. The highest BCUT2D eigenvalue weighted by Crippen LogP contribution is 2.10. The average Bonchev–Trinajstić information content (AvgIpc) is 2.97. The molecule has 10 heteroatoms. The lowest BCUT2D eigenvalue weighted by Gasteiger charge is -2.07. The Morgan fingerprint density at radius 1 is 1.16 bits per heavy atom. The van der Waals surface area contributed by atoms with Gasteiger partial charge in [0.2, 0.25) is 11.8 Å². The lowest BCUT2D eigenvalue weighted by Crippen LogP contribution is -2.42. The van der Waals surface area contributed by atoms with E-state index in [0.717, 1.165) is 11.8 Å². The van der Waals surface area contributed by atoms with Gasteiger partial charge in [0.1, 0.15) is 5.76 Å². The summed E-state index contributed by atoms with van der Waals surface area (Å²) in [5.74, 6) is -0.276. The van der Waals surface area contributed by atoms with Crippen molar-refractivity contribution < 1.29 is 18.9 Å². The third kappa shape index (κ3) is 6.48. The van der Waals surface area contributed by atoms with Crippen molar-refractivity contribution in [1.29, 1.82) is 0 Å². The minimum Gasteiger partial charge on any atom is -0.360 e. The number of hydrogen-bond acceptors (Lipinski definition) is 6. The van der Waals surface area contributed by atoms with Gasteiger partial charge in [-0.25, -0.2) is 0 Å². The van der Waals surface area contributed by atoms with Crippen LogP contribution < -0.4 is 16.2 Å². The summed E-state index contributed by atoms with van der Waals surface area (Å²) >= 11 is 6.88. The molecule has 0 saturated carbocycles. The first kappa shape index (κ1) is 18.8. The number of aromatic nitrogens is 1. The maximum atomic E-state index is 11.8. The van der Waals surface area contributed by atoms with Crippen LogP contribution in [0.15, 0.2) is 34.9 Å². The Balaban J connectivity index is 1.65. The normalized spacial score (nSPS) is 10.2. The van der Waals surface area contributed by atoms with Crippen molar-refractivity contribution in [3.05, 3.63) is 46.7 Å². The molecule has 2 rings (SSSR count). The van der Waals surface area contributed by atoms with Gasteiger partial charge in [-0.05, 0) is 25.1 Å². The van der Waals surface area contributed by atoms with E-state index in [-0.39, 0.29) is 17.4 Å². The summed E-state index contributed by atoms with van der Waals surface area (Å²) in [6.07, 6.45) is 0. The van der Waals surface area contributed by atoms with E-state index in [1.54, 1.807) is 31.2 Å². The van der Waals surface area contributed by atoms with Crippen molar-refractivity contribution in [1.82, 2.24) is 16.0 Å². The van der Waals surface area contributed by atoms with Crippen LogP contribution in [0.1, 0.15) is 16.1 Å². The van der Waals surface area contributed by atoms with Crippen LogP contribution in [0.2, 0.25) is 5.02 Å². The van der Waals surface area contributed by atoms with Gasteiger partial charge in [-0.3, -0.25) is 25.2 Å². The second-order valence-corrected chi connectivity index (χ2v) is 6.30. The molecule has 1 aromatic carbocycles. The lowest BCUT2D eigenvalue weighted by atomic mass is 10.2. The summed E-state index contributed by atoms with van der Waals surface area (Å²) in [6, 6.07) is 7.90. The summed E-state index contributed by atoms with van der Waals surface area (Å²) in [7, 11) is 0. The minimum atomic E-state index is -0.486. The number of anilines is 1. The fourth-order valence-corrected chi connectivity index (χ4v) is 2.51.